The Bertz CT molecular complexity index is 1140. The molecule has 192 valence electrons. The standard InChI is InChI=1S/C28H34F2N4O2/c1-4-28(23-7-9-24(29)10-8-23)27(36)34(19(2)32-28)15-5-14-33-16-12-21(13-17-33)22-6-11-25(30)26(18-22)31-20(3)35/h6-11,18,21H,4-5,12-17H2,1-3H3,(H,31,35). The Morgan fingerprint density at radius 2 is 1.81 bits per heavy atom. The lowest BCUT2D eigenvalue weighted by molar-refractivity contribution is -0.131. The molecule has 0 aliphatic carbocycles. The van der Waals surface area contributed by atoms with E-state index in [4.69, 9.17) is 4.99 Å². The molecule has 0 spiro atoms. The zero-order chi connectivity index (χ0) is 25.9. The first-order valence-corrected chi connectivity index (χ1v) is 12.7. The van der Waals surface area contributed by atoms with Gasteiger partial charge in [-0.05, 0) is 93.6 Å². The summed E-state index contributed by atoms with van der Waals surface area (Å²) in [5.74, 6) is -0.0518. The van der Waals surface area contributed by atoms with Crippen molar-refractivity contribution in [2.24, 2.45) is 4.99 Å². The molecule has 36 heavy (non-hydrogen) atoms. The van der Waals surface area contributed by atoms with E-state index < -0.39 is 11.4 Å². The maximum absolute atomic E-state index is 14.0. The van der Waals surface area contributed by atoms with E-state index in [1.54, 1.807) is 23.1 Å². The molecular formula is C28H34F2N4O2. The van der Waals surface area contributed by atoms with Crippen molar-refractivity contribution in [1.82, 2.24) is 9.80 Å². The van der Waals surface area contributed by atoms with E-state index in [1.807, 2.05) is 19.9 Å². The van der Waals surface area contributed by atoms with Crippen molar-refractivity contribution in [2.75, 3.05) is 31.5 Å². The van der Waals surface area contributed by atoms with Crippen molar-refractivity contribution in [3.63, 3.8) is 0 Å². The van der Waals surface area contributed by atoms with Crippen molar-refractivity contribution >= 4 is 23.3 Å². The van der Waals surface area contributed by atoms with E-state index in [0.29, 0.717) is 24.7 Å². The zero-order valence-corrected chi connectivity index (χ0v) is 21.2. The molecule has 1 saturated heterocycles. The lowest BCUT2D eigenvalue weighted by Crippen LogP contribution is -2.42. The second-order valence-electron chi connectivity index (χ2n) is 9.73. The van der Waals surface area contributed by atoms with Gasteiger partial charge in [0.05, 0.1) is 5.69 Å². The largest absolute Gasteiger partial charge is 0.324 e. The monoisotopic (exact) mass is 496 g/mol. The van der Waals surface area contributed by atoms with Gasteiger partial charge in [0.15, 0.2) is 5.54 Å². The van der Waals surface area contributed by atoms with Gasteiger partial charge in [-0.2, -0.15) is 0 Å². The lowest BCUT2D eigenvalue weighted by Gasteiger charge is -2.33. The number of hydrogen-bond donors (Lipinski definition) is 1. The summed E-state index contributed by atoms with van der Waals surface area (Å²) in [5, 5.41) is 2.56. The maximum Gasteiger partial charge on any atom is 0.260 e. The summed E-state index contributed by atoms with van der Waals surface area (Å²) in [6, 6.07) is 11.0. The fourth-order valence-corrected chi connectivity index (χ4v) is 5.39. The number of amidine groups is 1. The highest BCUT2D eigenvalue weighted by Crippen LogP contribution is 2.37. The molecule has 2 heterocycles. The maximum atomic E-state index is 14.0. The molecule has 2 aromatic rings. The normalized spacial score (nSPS) is 21.1. The van der Waals surface area contributed by atoms with E-state index in [9.17, 15) is 18.4 Å². The first-order chi connectivity index (χ1) is 17.2. The number of halogens is 2. The Balaban J connectivity index is 1.30. The second-order valence-corrected chi connectivity index (χ2v) is 9.73. The number of amides is 2. The van der Waals surface area contributed by atoms with E-state index >= 15 is 0 Å². The third-order valence-corrected chi connectivity index (χ3v) is 7.39. The summed E-state index contributed by atoms with van der Waals surface area (Å²) in [4.78, 5) is 33.7. The van der Waals surface area contributed by atoms with Gasteiger partial charge in [0, 0.05) is 13.5 Å². The quantitative estimate of drug-likeness (QED) is 0.556. The second kappa shape index (κ2) is 10.9. The Morgan fingerprint density at radius 3 is 2.44 bits per heavy atom. The SMILES string of the molecule is CCC1(c2ccc(F)cc2)N=C(C)N(CCCN2CCC(c3ccc(F)c(NC(C)=O)c3)CC2)C1=O. The molecule has 4 rings (SSSR count). The van der Waals surface area contributed by atoms with Gasteiger partial charge in [0.25, 0.3) is 5.91 Å². The van der Waals surface area contributed by atoms with Crippen LogP contribution in [-0.2, 0) is 15.1 Å². The molecule has 1 atom stereocenters. The Morgan fingerprint density at radius 1 is 1.11 bits per heavy atom. The van der Waals surface area contributed by atoms with E-state index in [0.717, 1.165) is 50.0 Å². The number of carbonyl (C=O) groups is 2. The van der Waals surface area contributed by atoms with Crippen LogP contribution in [0.4, 0.5) is 14.5 Å². The molecule has 8 heteroatoms. The van der Waals surface area contributed by atoms with E-state index in [-0.39, 0.29) is 23.3 Å². The summed E-state index contributed by atoms with van der Waals surface area (Å²) in [6.07, 6.45) is 3.26. The van der Waals surface area contributed by atoms with Gasteiger partial charge >= 0.3 is 0 Å². The summed E-state index contributed by atoms with van der Waals surface area (Å²) in [7, 11) is 0. The predicted molar refractivity (Wildman–Crippen MR) is 137 cm³/mol. The minimum Gasteiger partial charge on any atom is -0.324 e. The van der Waals surface area contributed by atoms with E-state index in [1.165, 1.54) is 25.1 Å². The highest BCUT2D eigenvalue weighted by Gasteiger charge is 2.46. The Labute approximate surface area is 211 Å². The molecule has 2 aliphatic heterocycles. The molecule has 1 unspecified atom stereocenters. The third-order valence-electron chi connectivity index (χ3n) is 7.39. The van der Waals surface area contributed by atoms with Crippen molar-refractivity contribution < 1.29 is 18.4 Å². The van der Waals surface area contributed by atoms with Gasteiger partial charge in [-0.3, -0.25) is 19.5 Å². The molecule has 1 N–H and O–H groups in total. The van der Waals surface area contributed by atoms with Gasteiger partial charge in [0.1, 0.15) is 17.5 Å². The lowest BCUT2D eigenvalue weighted by atomic mass is 9.87. The average molecular weight is 497 g/mol. The molecule has 2 aliphatic rings. The number of benzene rings is 2. The van der Waals surface area contributed by atoms with Crippen LogP contribution in [0.3, 0.4) is 0 Å². The van der Waals surface area contributed by atoms with Gasteiger partial charge in [-0.15, -0.1) is 0 Å². The number of piperidine rings is 1. The van der Waals surface area contributed by atoms with Gasteiger partial charge in [-0.1, -0.05) is 25.1 Å². The molecule has 0 radical (unpaired) electrons. The van der Waals surface area contributed by atoms with Crippen LogP contribution in [-0.4, -0.2) is 53.6 Å². The fraction of sp³-hybridized carbons (Fsp3) is 0.464. The van der Waals surface area contributed by atoms with Crippen LogP contribution in [0.5, 0.6) is 0 Å². The number of rotatable bonds is 8. The number of likely N-dealkylation sites (tertiary alicyclic amines) is 1. The zero-order valence-electron chi connectivity index (χ0n) is 21.2. The predicted octanol–water partition coefficient (Wildman–Crippen LogP) is 5.06. The average Bonchev–Trinajstić information content (AvgIpc) is 3.11. The fourth-order valence-electron chi connectivity index (χ4n) is 5.39. The van der Waals surface area contributed by atoms with Crippen molar-refractivity contribution in [3.05, 3.63) is 65.2 Å². The minimum atomic E-state index is -0.971. The number of anilines is 1. The molecule has 0 bridgehead atoms. The number of nitrogens with zero attached hydrogens (tertiary/aromatic N) is 3. The molecule has 0 saturated carbocycles. The van der Waals surface area contributed by atoms with Crippen LogP contribution in [0.2, 0.25) is 0 Å². The van der Waals surface area contributed by atoms with Crippen LogP contribution >= 0.6 is 0 Å². The molecule has 0 aromatic heterocycles. The summed E-state index contributed by atoms with van der Waals surface area (Å²) >= 11 is 0. The van der Waals surface area contributed by atoms with Gasteiger partial charge in [-0.25, -0.2) is 8.78 Å². The first-order valence-electron chi connectivity index (χ1n) is 12.7. The third kappa shape index (κ3) is 5.33. The molecule has 2 amide bonds. The highest BCUT2D eigenvalue weighted by molar-refractivity contribution is 6.07. The van der Waals surface area contributed by atoms with Crippen molar-refractivity contribution in [3.8, 4) is 0 Å². The summed E-state index contributed by atoms with van der Waals surface area (Å²) < 4.78 is 27.4. The van der Waals surface area contributed by atoms with Crippen LogP contribution < -0.4 is 5.32 Å². The Kier molecular flexibility index (Phi) is 7.83. The molecule has 2 aromatic carbocycles. The van der Waals surface area contributed by atoms with Crippen molar-refractivity contribution in [2.45, 2.75) is 57.9 Å². The minimum absolute atomic E-state index is 0.0425. The molecule has 6 nitrogen and oxygen atoms in total. The summed E-state index contributed by atoms with van der Waals surface area (Å²) in [6.45, 7) is 8.49. The number of hydrogen-bond acceptors (Lipinski definition) is 4. The smallest absolute Gasteiger partial charge is 0.260 e. The molecule has 1 fully saturated rings. The van der Waals surface area contributed by atoms with Crippen molar-refractivity contribution in [1.29, 1.82) is 0 Å². The topological polar surface area (TPSA) is 65.0 Å². The van der Waals surface area contributed by atoms with Gasteiger partial charge in [0.2, 0.25) is 5.91 Å². The summed E-state index contributed by atoms with van der Waals surface area (Å²) in [5.41, 5.74) is 1.04. The van der Waals surface area contributed by atoms with Crippen LogP contribution in [0.15, 0.2) is 47.5 Å². The van der Waals surface area contributed by atoms with E-state index in [2.05, 4.69) is 10.2 Å². The number of nitrogens with one attached hydrogen (secondary N) is 1. The Hall–Kier alpha value is -3.13. The number of carbonyl (C=O) groups excluding carboxylic acids is 2. The highest BCUT2D eigenvalue weighted by atomic mass is 19.1. The van der Waals surface area contributed by atoms with Crippen LogP contribution in [0.25, 0.3) is 0 Å². The van der Waals surface area contributed by atoms with Crippen LogP contribution in [0.1, 0.15) is 63.5 Å². The first kappa shape index (κ1) is 25.9. The van der Waals surface area contributed by atoms with Crippen LogP contribution in [0, 0.1) is 11.6 Å². The number of aliphatic imine (C=N–C) groups is 1. The molecular weight excluding hydrogens is 462 g/mol. The van der Waals surface area contributed by atoms with Gasteiger partial charge < -0.3 is 10.2 Å².